The molecule has 2 fully saturated rings. The summed E-state index contributed by atoms with van der Waals surface area (Å²) >= 11 is 0. The fraction of sp³-hybridized carbons (Fsp3) is 0.357. The van der Waals surface area contributed by atoms with Crippen molar-refractivity contribution in [3.63, 3.8) is 0 Å². The Hall–Kier alpha value is -3.82. The van der Waals surface area contributed by atoms with E-state index in [1.54, 1.807) is 6.07 Å². The summed E-state index contributed by atoms with van der Waals surface area (Å²) < 4.78 is 16.3. The highest BCUT2D eigenvalue weighted by Crippen LogP contribution is 2.33. The van der Waals surface area contributed by atoms with Crippen LogP contribution >= 0.6 is 0 Å². The first kappa shape index (κ1) is 23.6. The molecule has 0 saturated carbocycles. The van der Waals surface area contributed by atoms with Crippen LogP contribution in [0.3, 0.4) is 0 Å². The van der Waals surface area contributed by atoms with Crippen molar-refractivity contribution in [2.24, 2.45) is 0 Å². The summed E-state index contributed by atoms with van der Waals surface area (Å²) in [7, 11) is 0. The van der Waals surface area contributed by atoms with Gasteiger partial charge >= 0.3 is 0 Å². The van der Waals surface area contributed by atoms with Gasteiger partial charge in [0.15, 0.2) is 11.5 Å². The van der Waals surface area contributed by atoms with E-state index < -0.39 is 0 Å². The number of piperazine rings is 1. The molecule has 0 bridgehead atoms. The number of hydrogen-bond donors (Lipinski definition) is 1. The summed E-state index contributed by atoms with van der Waals surface area (Å²) in [6.45, 7) is 7.96. The molecular formula is C28H31N5O4. The minimum Gasteiger partial charge on any atom is -0.454 e. The van der Waals surface area contributed by atoms with E-state index in [-0.39, 0.29) is 5.91 Å². The van der Waals surface area contributed by atoms with E-state index in [1.807, 2.05) is 42.5 Å². The van der Waals surface area contributed by atoms with Gasteiger partial charge in [0.25, 0.3) is 5.91 Å². The zero-order valence-corrected chi connectivity index (χ0v) is 20.8. The van der Waals surface area contributed by atoms with Crippen molar-refractivity contribution in [2.75, 3.05) is 74.4 Å². The number of pyridine rings is 1. The SMILES string of the molecule is O=C(Nc1ccc(N2CCOCC2)cc1)c1cccc(N2CCN(Cc3ccc4c(c3)OCO4)CC2)n1. The van der Waals surface area contributed by atoms with Crippen LogP contribution in [0.1, 0.15) is 16.1 Å². The lowest BCUT2D eigenvalue weighted by Crippen LogP contribution is -2.46. The average Bonchev–Trinajstić information content (AvgIpc) is 3.42. The number of nitrogens with zero attached hydrogens (tertiary/aromatic N) is 4. The van der Waals surface area contributed by atoms with Crippen molar-refractivity contribution in [1.82, 2.24) is 9.88 Å². The zero-order valence-electron chi connectivity index (χ0n) is 20.8. The molecule has 4 heterocycles. The van der Waals surface area contributed by atoms with Crippen LogP contribution in [0.15, 0.2) is 60.7 Å². The van der Waals surface area contributed by atoms with Crippen molar-refractivity contribution in [1.29, 1.82) is 0 Å². The first-order valence-corrected chi connectivity index (χ1v) is 12.8. The Morgan fingerprint density at radius 1 is 0.838 bits per heavy atom. The molecule has 0 radical (unpaired) electrons. The Balaban J connectivity index is 1.03. The van der Waals surface area contributed by atoms with E-state index in [9.17, 15) is 4.79 Å². The Kier molecular flexibility index (Phi) is 6.79. The predicted octanol–water partition coefficient (Wildman–Crippen LogP) is 3.22. The highest BCUT2D eigenvalue weighted by molar-refractivity contribution is 6.03. The maximum atomic E-state index is 12.9. The number of amides is 1. The summed E-state index contributed by atoms with van der Waals surface area (Å²) in [5.41, 5.74) is 3.52. The predicted molar refractivity (Wildman–Crippen MR) is 142 cm³/mol. The molecule has 0 spiro atoms. The van der Waals surface area contributed by atoms with Gasteiger partial charge in [-0.3, -0.25) is 9.69 Å². The normalized spacial score (nSPS) is 17.6. The molecule has 2 aromatic carbocycles. The fourth-order valence-electron chi connectivity index (χ4n) is 4.93. The molecule has 1 amide bonds. The average molecular weight is 502 g/mol. The Bertz CT molecular complexity index is 1240. The molecule has 6 rings (SSSR count). The first-order valence-electron chi connectivity index (χ1n) is 12.8. The molecule has 9 heteroatoms. The molecule has 1 N–H and O–H groups in total. The Morgan fingerprint density at radius 2 is 1.62 bits per heavy atom. The lowest BCUT2D eigenvalue weighted by Gasteiger charge is -2.35. The maximum Gasteiger partial charge on any atom is 0.274 e. The van der Waals surface area contributed by atoms with Crippen LogP contribution < -0.4 is 24.6 Å². The summed E-state index contributed by atoms with van der Waals surface area (Å²) in [5.74, 6) is 2.26. The number of carbonyl (C=O) groups is 1. The van der Waals surface area contributed by atoms with Gasteiger partial charge in [0.05, 0.1) is 13.2 Å². The molecule has 192 valence electrons. The van der Waals surface area contributed by atoms with Crippen LogP contribution in [-0.4, -0.2) is 75.1 Å². The topological polar surface area (TPSA) is 79.4 Å². The second kappa shape index (κ2) is 10.7. The molecule has 0 atom stereocenters. The van der Waals surface area contributed by atoms with Gasteiger partial charge in [0.1, 0.15) is 11.5 Å². The van der Waals surface area contributed by atoms with Gasteiger partial charge in [0.2, 0.25) is 6.79 Å². The van der Waals surface area contributed by atoms with Crippen LogP contribution in [0.2, 0.25) is 0 Å². The number of morpholine rings is 1. The van der Waals surface area contributed by atoms with Gasteiger partial charge in [-0.2, -0.15) is 0 Å². The number of hydrogen-bond acceptors (Lipinski definition) is 8. The third kappa shape index (κ3) is 5.47. The van der Waals surface area contributed by atoms with Gasteiger partial charge in [-0.15, -0.1) is 0 Å². The number of aromatic nitrogens is 1. The minimum atomic E-state index is -0.206. The van der Waals surface area contributed by atoms with E-state index in [0.717, 1.165) is 87.7 Å². The standard InChI is InChI=1S/C28H31N5O4/c34-28(29-22-5-7-23(8-6-22)32-14-16-35-17-15-32)24-2-1-3-27(30-24)33-12-10-31(11-13-33)19-21-4-9-25-26(18-21)37-20-36-25/h1-9,18H,10-17,19-20H2,(H,29,34). The van der Waals surface area contributed by atoms with Gasteiger partial charge in [-0.25, -0.2) is 4.98 Å². The highest BCUT2D eigenvalue weighted by Gasteiger charge is 2.21. The van der Waals surface area contributed by atoms with Crippen molar-refractivity contribution >= 4 is 23.1 Å². The summed E-state index contributed by atoms with van der Waals surface area (Å²) in [6, 6.07) is 19.7. The number of ether oxygens (including phenoxy) is 3. The van der Waals surface area contributed by atoms with E-state index >= 15 is 0 Å². The fourth-order valence-corrected chi connectivity index (χ4v) is 4.93. The summed E-state index contributed by atoms with van der Waals surface area (Å²) in [6.07, 6.45) is 0. The van der Waals surface area contributed by atoms with Crippen molar-refractivity contribution in [3.8, 4) is 11.5 Å². The maximum absolute atomic E-state index is 12.9. The van der Waals surface area contributed by atoms with E-state index in [0.29, 0.717) is 12.5 Å². The molecule has 3 aromatic rings. The number of anilines is 3. The van der Waals surface area contributed by atoms with Crippen molar-refractivity contribution in [2.45, 2.75) is 6.54 Å². The second-order valence-electron chi connectivity index (χ2n) is 9.43. The lowest BCUT2D eigenvalue weighted by molar-refractivity contribution is 0.102. The summed E-state index contributed by atoms with van der Waals surface area (Å²) in [4.78, 5) is 24.5. The van der Waals surface area contributed by atoms with E-state index in [2.05, 4.69) is 37.1 Å². The molecule has 3 aliphatic heterocycles. The molecule has 9 nitrogen and oxygen atoms in total. The van der Waals surface area contributed by atoms with Crippen molar-refractivity contribution < 1.29 is 19.0 Å². The Labute approximate surface area is 216 Å². The van der Waals surface area contributed by atoms with Gasteiger partial charge < -0.3 is 29.3 Å². The largest absolute Gasteiger partial charge is 0.454 e. The Morgan fingerprint density at radius 3 is 2.43 bits per heavy atom. The molecule has 0 aliphatic carbocycles. The second-order valence-corrected chi connectivity index (χ2v) is 9.43. The van der Waals surface area contributed by atoms with Crippen LogP contribution in [0.4, 0.5) is 17.2 Å². The number of fused-ring (bicyclic) bond motifs is 1. The number of benzene rings is 2. The molecule has 1 aromatic heterocycles. The first-order chi connectivity index (χ1) is 18.2. The molecule has 37 heavy (non-hydrogen) atoms. The van der Waals surface area contributed by atoms with E-state index in [1.165, 1.54) is 5.56 Å². The number of carbonyl (C=O) groups excluding carboxylic acids is 1. The third-order valence-corrected chi connectivity index (χ3v) is 7.01. The quantitative estimate of drug-likeness (QED) is 0.552. The van der Waals surface area contributed by atoms with Gasteiger partial charge in [-0.05, 0) is 54.1 Å². The zero-order chi connectivity index (χ0) is 25.0. The number of nitrogens with one attached hydrogen (secondary N) is 1. The lowest BCUT2D eigenvalue weighted by atomic mass is 10.1. The van der Waals surface area contributed by atoms with E-state index in [4.69, 9.17) is 14.2 Å². The van der Waals surface area contributed by atoms with Crippen LogP contribution in [-0.2, 0) is 11.3 Å². The molecule has 2 saturated heterocycles. The van der Waals surface area contributed by atoms with Crippen LogP contribution in [0.5, 0.6) is 11.5 Å². The minimum absolute atomic E-state index is 0.206. The van der Waals surface area contributed by atoms with Gasteiger partial charge in [-0.1, -0.05) is 12.1 Å². The highest BCUT2D eigenvalue weighted by atomic mass is 16.7. The molecular weight excluding hydrogens is 470 g/mol. The third-order valence-electron chi connectivity index (χ3n) is 7.01. The monoisotopic (exact) mass is 501 g/mol. The van der Waals surface area contributed by atoms with Gasteiger partial charge in [0, 0.05) is 57.2 Å². The number of rotatable bonds is 6. The van der Waals surface area contributed by atoms with Crippen LogP contribution in [0.25, 0.3) is 0 Å². The molecule has 3 aliphatic rings. The molecule has 0 unspecified atom stereocenters. The van der Waals surface area contributed by atoms with Crippen molar-refractivity contribution in [3.05, 3.63) is 71.9 Å². The summed E-state index contributed by atoms with van der Waals surface area (Å²) in [5, 5.41) is 2.98. The van der Waals surface area contributed by atoms with Crippen LogP contribution in [0, 0.1) is 0 Å². The smallest absolute Gasteiger partial charge is 0.274 e.